The zero-order valence-electron chi connectivity index (χ0n) is 26.0. The molecule has 4 aromatic carbocycles. The highest BCUT2D eigenvalue weighted by molar-refractivity contribution is 7.92. The number of ether oxygens (including phenoxy) is 1. The first kappa shape index (κ1) is 34.3. The molecular weight excluding hydrogens is 657 g/mol. The van der Waals surface area contributed by atoms with Crippen LogP contribution in [0.1, 0.15) is 36.8 Å². The Balaban J connectivity index is 1.58. The molecule has 246 valence electrons. The zero-order chi connectivity index (χ0) is 33.4. The van der Waals surface area contributed by atoms with Gasteiger partial charge in [-0.2, -0.15) is 0 Å². The van der Waals surface area contributed by atoms with Gasteiger partial charge in [0.15, 0.2) is 0 Å². The van der Waals surface area contributed by atoms with Crippen molar-refractivity contribution in [2.45, 2.75) is 55.6 Å². The van der Waals surface area contributed by atoms with Crippen LogP contribution in [0.25, 0.3) is 0 Å². The van der Waals surface area contributed by atoms with Crippen LogP contribution in [0.15, 0.2) is 108 Å². The number of sulfonamides is 1. The minimum absolute atomic E-state index is 0.00259. The third-order valence-electron chi connectivity index (χ3n) is 8.30. The summed E-state index contributed by atoms with van der Waals surface area (Å²) < 4.78 is 34.7. The van der Waals surface area contributed by atoms with E-state index in [4.69, 9.17) is 27.9 Å². The second-order valence-electron chi connectivity index (χ2n) is 11.5. The fourth-order valence-corrected chi connectivity index (χ4v) is 7.66. The highest BCUT2D eigenvalue weighted by atomic mass is 35.5. The molecule has 1 fully saturated rings. The highest BCUT2D eigenvalue weighted by Crippen LogP contribution is 2.32. The second-order valence-corrected chi connectivity index (χ2v) is 14.1. The van der Waals surface area contributed by atoms with Gasteiger partial charge in [-0.3, -0.25) is 13.9 Å². The van der Waals surface area contributed by atoms with E-state index in [1.54, 1.807) is 48.5 Å². The summed E-state index contributed by atoms with van der Waals surface area (Å²) in [6.45, 7) is -0.622. The number of benzene rings is 4. The molecule has 0 radical (unpaired) electrons. The molecule has 0 bridgehead atoms. The molecule has 47 heavy (non-hydrogen) atoms. The Morgan fingerprint density at radius 3 is 2.15 bits per heavy atom. The molecule has 1 saturated carbocycles. The first-order valence-corrected chi connectivity index (χ1v) is 17.7. The van der Waals surface area contributed by atoms with Gasteiger partial charge in [0.1, 0.15) is 18.3 Å². The van der Waals surface area contributed by atoms with E-state index in [0.29, 0.717) is 16.3 Å². The number of anilines is 1. The summed E-state index contributed by atoms with van der Waals surface area (Å²) in [6.07, 6.45) is 3.99. The molecule has 0 aliphatic heterocycles. The molecule has 8 nitrogen and oxygen atoms in total. The lowest BCUT2D eigenvalue weighted by Gasteiger charge is -2.34. The van der Waals surface area contributed by atoms with Crippen LogP contribution < -0.4 is 14.4 Å². The molecular formula is C36H37Cl2N3O5S. The summed E-state index contributed by atoms with van der Waals surface area (Å²) in [4.78, 5) is 30.2. The van der Waals surface area contributed by atoms with Gasteiger partial charge < -0.3 is 15.0 Å². The number of rotatable bonds is 13. The molecule has 1 atom stereocenters. The first-order chi connectivity index (χ1) is 22.7. The summed E-state index contributed by atoms with van der Waals surface area (Å²) >= 11 is 13.0. The standard InChI is InChI=1S/C36H37Cl2N3O5S/c1-46-34-21-20-29(23-32(34)38)41(47(44,45)30-17-6-3-7-18-30)25-35(42)40(24-27-14-8-11-19-31(27)37)33(22-26-12-4-2-5-13-26)36(43)39-28-15-9-10-16-28/h2-8,11-14,17-21,23,28,33H,9-10,15-16,22,24-25H2,1H3,(H,39,43)/t33-/m1/s1. The average molecular weight is 695 g/mol. The number of amides is 2. The molecule has 0 heterocycles. The van der Waals surface area contributed by atoms with E-state index in [0.717, 1.165) is 35.6 Å². The molecule has 0 aromatic heterocycles. The Bertz CT molecular complexity index is 1790. The molecule has 2 amide bonds. The van der Waals surface area contributed by atoms with Crippen LogP contribution in [0.2, 0.25) is 10.0 Å². The maximum absolute atomic E-state index is 14.6. The van der Waals surface area contributed by atoms with Crippen molar-refractivity contribution < 1.29 is 22.7 Å². The van der Waals surface area contributed by atoms with E-state index in [9.17, 15) is 18.0 Å². The van der Waals surface area contributed by atoms with Crippen molar-refractivity contribution in [1.29, 1.82) is 0 Å². The Labute approximate surface area is 286 Å². The third-order valence-corrected chi connectivity index (χ3v) is 10.8. The summed E-state index contributed by atoms with van der Waals surface area (Å²) in [5, 5.41) is 3.77. The van der Waals surface area contributed by atoms with Gasteiger partial charge in [-0.25, -0.2) is 8.42 Å². The Morgan fingerprint density at radius 2 is 1.51 bits per heavy atom. The number of carbonyl (C=O) groups is 2. The largest absolute Gasteiger partial charge is 0.495 e. The molecule has 11 heteroatoms. The van der Waals surface area contributed by atoms with Crippen LogP contribution >= 0.6 is 23.2 Å². The smallest absolute Gasteiger partial charge is 0.264 e. The number of nitrogens with zero attached hydrogens (tertiary/aromatic N) is 2. The van der Waals surface area contributed by atoms with Gasteiger partial charge in [0, 0.05) is 24.0 Å². The van der Waals surface area contributed by atoms with E-state index >= 15 is 0 Å². The lowest BCUT2D eigenvalue weighted by molar-refractivity contribution is -0.140. The maximum Gasteiger partial charge on any atom is 0.264 e. The molecule has 0 saturated heterocycles. The maximum atomic E-state index is 14.6. The van der Waals surface area contributed by atoms with Crippen LogP contribution in [-0.4, -0.2) is 50.9 Å². The molecule has 0 spiro atoms. The fraction of sp³-hybridized carbons (Fsp3) is 0.278. The first-order valence-electron chi connectivity index (χ1n) is 15.5. The summed E-state index contributed by atoms with van der Waals surface area (Å²) in [5.41, 5.74) is 1.65. The van der Waals surface area contributed by atoms with E-state index in [-0.39, 0.29) is 40.5 Å². The summed E-state index contributed by atoms with van der Waals surface area (Å²) in [6, 6.07) is 28.0. The normalized spacial score (nSPS) is 13.9. The van der Waals surface area contributed by atoms with Crippen molar-refractivity contribution in [1.82, 2.24) is 10.2 Å². The van der Waals surface area contributed by atoms with E-state index in [1.165, 1.54) is 36.3 Å². The van der Waals surface area contributed by atoms with Crippen LogP contribution in [0.5, 0.6) is 5.75 Å². The van der Waals surface area contributed by atoms with E-state index in [2.05, 4.69) is 5.32 Å². The van der Waals surface area contributed by atoms with Crippen molar-refractivity contribution in [3.05, 3.63) is 124 Å². The number of nitrogens with one attached hydrogen (secondary N) is 1. The van der Waals surface area contributed by atoms with Crippen LogP contribution in [0.3, 0.4) is 0 Å². The number of halogens is 2. The van der Waals surface area contributed by atoms with E-state index < -0.39 is 28.5 Å². The molecule has 4 aromatic rings. The molecule has 0 unspecified atom stereocenters. The van der Waals surface area contributed by atoms with Crippen LogP contribution in [0, 0.1) is 0 Å². The van der Waals surface area contributed by atoms with Crippen LogP contribution in [0.4, 0.5) is 5.69 Å². The summed E-state index contributed by atoms with van der Waals surface area (Å²) in [7, 11) is -2.81. The van der Waals surface area contributed by atoms with Gasteiger partial charge in [-0.1, -0.05) is 103 Å². The topological polar surface area (TPSA) is 96.0 Å². The van der Waals surface area contributed by atoms with Gasteiger partial charge in [0.05, 0.1) is 22.7 Å². The fourth-order valence-electron chi connectivity index (χ4n) is 5.79. The van der Waals surface area contributed by atoms with Crippen molar-refractivity contribution in [2.75, 3.05) is 18.0 Å². The zero-order valence-corrected chi connectivity index (χ0v) is 28.3. The minimum atomic E-state index is -4.26. The van der Waals surface area contributed by atoms with Crippen molar-refractivity contribution in [3.63, 3.8) is 0 Å². The number of carbonyl (C=O) groups excluding carboxylic acids is 2. The van der Waals surface area contributed by atoms with Gasteiger partial charge in [-0.05, 0) is 60.4 Å². The number of hydrogen-bond acceptors (Lipinski definition) is 5. The van der Waals surface area contributed by atoms with Crippen molar-refractivity contribution in [3.8, 4) is 5.75 Å². The van der Waals surface area contributed by atoms with Gasteiger partial charge in [0.2, 0.25) is 11.8 Å². The van der Waals surface area contributed by atoms with Crippen molar-refractivity contribution >= 4 is 50.7 Å². The van der Waals surface area contributed by atoms with Gasteiger partial charge in [-0.15, -0.1) is 0 Å². The molecule has 1 aliphatic rings. The predicted octanol–water partition coefficient (Wildman–Crippen LogP) is 6.90. The Morgan fingerprint density at radius 1 is 0.872 bits per heavy atom. The quantitative estimate of drug-likeness (QED) is 0.164. The number of hydrogen-bond donors (Lipinski definition) is 1. The van der Waals surface area contributed by atoms with Gasteiger partial charge in [0.25, 0.3) is 10.0 Å². The second kappa shape index (κ2) is 15.7. The lowest BCUT2D eigenvalue weighted by Crippen LogP contribution is -2.54. The minimum Gasteiger partial charge on any atom is -0.495 e. The average Bonchev–Trinajstić information content (AvgIpc) is 3.59. The monoisotopic (exact) mass is 693 g/mol. The Kier molecular flexibility index (Phi) is 11.4. The Hall–Kier alpha value is -4.05. The number of methoxy groups -OCH3 is 1. The predicted molar refractivity (Wildman–Crippen MR) is 185 cm³/mol. The van der Waals surface area contributed by atoms with Crippen molar-refractivity contribution in [2.24, 2.45) is 0 Å². The lowest BCUT2D eigenvalue weighted by atomic mass is 10.0. The molecule has 1 N–H and O–H groups in total. The van der Waals surface area contributed by atoms with Gasteiger partial charge >= 0.3 is 0 Å². The molecule has 1 aliphatic carbocycles. The SMILES string of the molecule is COc1ccc(N(CC(=O)N(Cc2ccccc2Cl)[C@H](Cc2ccccc2)C(=O)NC2CCCC2)S(=O)(=O)c2ccccc2)cc1Cl. The van der Waals surface area contributed by atoms with Crippen LogP contribution in [-0.2, 0) is 32.6 Å². The van der Waals surface area contributed by atoms with E-state index in [1.807, 2.05) is 30.3 Å². The summed E-state index contributed by atoms with van der Waals surface area (Å²) in [5.74, 6) is -0.532. The third kappa shape index (κ3) is 8.46. The molecule has 5 rings (SSSR count). The highest BCUT2D eigenvalue weighted by Gasteiger charge is 2.36.